The zero-order chi connectivity index (χ0) is 14.3. The molecule has 0 saturated heterocycles. The first kappa shape index (κ1) is 18.2. The lowest BCUT2D eigenvalue weighted by molar-refractivity contribution is -0.137. The lowest BCUT2D eigenvalue weighted by Crippen LogP contribution is -2.01. The van der Waals surface area contributed by atoms with Crippen LogP contribution in [0, 0.1) is 0 Å². The molecule has 0 aliphatic carbocycles. The second-order valence-corrected chi connectivity index (χ2v) is 5.19. The van der Waals surface area contributed by atoms with Crippen LogP contribution >= 0.6 is 0 Å². The van der Waals surface area contributed by atoms with Crippen molar-refractivity contribution in [3.05, 3.63) is 12.2 Å². The Hall–Kier alpha value is -0.830. The van der Waals surface area contributed by atoms with Gasteiger partial charge in [-0.05, 0) is 25.7 Å². The van der Waals surface area contributed by atoms with Crippen molar-refractivity contribution in [1.29, 1.82) is 0 Å². The number of unbranched alkanes of at least 4 members (excludes halogenated alkanes) is 7. The van der Waals surface area contributed by atoms with Gasteiger partial charge in [0.25, 0.3) is 0 Å². The Balaban J connectivity index is 3.31. The van der Waals surface area contributed by atoms with E-state index in [2.05, 4.69) is 6.92 Å². The standard InChI is InChI=1S/C16H30O3/c1-2-3-4-6-9-12-15(17)13-10-7-5-8-11-14-16(18)19/h10,13,15,17H,2-9,11-12,14H2,1H3,(H,18,19). The van der Waals surface area contributed by atoms with Crippen LogP contribution in [0.4, 0.5) is 0 Å². The molecule has 3 nitrogen and oxygen atoms in total. The first-order valence-electron chi connectivity index (χ1n) is 7.73. The van der Waals surface area contributed by atoms with Gasteiger partial charge in [0.15, 0.2) is 0 Å². The fourth-order valence-electron chi connectivity index (χ4n) is 2.02. The summed E-state index contributed by atoms with van der Waals surface area (Å²) in [6.45, 7) is 2.20. The average Bonchev–Trinajstić information content (AvgIpc) is 2.37. The van der Waals surface area contributed by atoms with Crippen LogP contribution in [0.25, 0.3) is 0 Å². The minimum atomic E-state index is -0.714. The monoisotopic (exact) mass is 270 g/mol. The predicted octanol–water partition coefficient (Wildman–Crippen LogP) is 4.30. The minimum absolute atomic E-state index is 0.268. The van der Waals surface area contributed by atoms with Gasteiger partial charge >= 0.3 is 5.97 Å². The van der Waals surface area contributed by atoms with Crippen molar-refractivity contribution >= 4 is 5.97 Å². The topological polar surface area (TPSA) is 57.5 Å². The van der Waals surface area contributed by atoms with E-state index < -0.39 is 5.97 Å². The van der Waals surface area contributed by atoms with Gasteiger partial charge in [-0.3, -0.25) is 4.79 Å². The van der Waals surface area contributed by atoms with Crippen LogP contribution in [0.3, 0.4) is 0 Å². The van der Waals surface area contributed by atoms with Gasteiger partial charge in [0.2, 0.25) is 0 Å². The quantitative estimate of drug-likeness (QED) is 0.387. The summed E-state index contributed by atoms with van der Waals surface area (Å²) in [5.41, 5.74) is 0. The molecule has 0 aromatic carbocycles. The summed E-state index contributed by atoms with van der Waals surface area (Å²) in [5, 5.41) is 18.2. The van der Waals surface area contributed by atoms with Crippen LogP contribution < -0.4 is 0 Å². The second kappa shape index (κ2) is 13.6. The van der Waals surface area contributed by atoms with Crippen molar-refractivity contribution in [2.75, 3.05) is 0 Å². The number of carboxylic acid groups (broad SMARTS) is 1. The molecule has 0 aromatic rings. The molecule has 0 aliphatic heterocycles. The summed E-state index contributed by atoms with van der Waals surface area (Å²) in [7, 11) is 0. The number of aliphatic hydroxyl groups is 1. The van der Waals surface area contributed by atoms with E-state index in [9.17, 15) is 9.90 Å². The van der Waals surface area contributed by atoms with Gasteiger partial charge < -0.3 is 10.2 Å². The lowest BCUT2D eigenvalue weighted by atomic mass is 10.1. The number of hydrogen-bond donors (Lipinski definition) is 2. The highest BCUT2D eigenvalue weighted by Gasteiger charge is 1.99. The minimum Gasteiger partial charge on any atom is -0.481 e. The van der Waals surface area contributed by atoms with Crippen LogP contribution in [0.15, 0.2) is 12.2 Å². The molecule has 19 heavy (non-hydrogen) atoms. The zero-order valence-corrected chi connectivity index (χ0v) is 12.3. The molecule has 0 spiro atoms. The summed E-state index contributed by atoms with van der Waals surface area (Å²) in [6.07, 6.45) is 14.5. The van der Waals surface area contributed by atoms with Crippen LogP contribution in [-0.2, 0) is 4.79 Å². The summed E-state index contributed by atoms with van der Waals surface area (Å²) in [6, 6.07) is 0. The number of rotatable bonds is 13. The van der Waals surface area contributed by atoms with E-state index >= 15 is 0 Å². The molecule has 0 bridgehead atoms. The Kier molecular flexibility index (Phi) is 13.0. The molecule has 0 rings (SSSR count). The molecular formula is C16H30O3. The van der Waals surface area contributed by atoms with E-state index in [4.69, 9.17) is 5.11 Å². The molecule has 2 N–H and O–H groups in total. The van der Waals surface area contributed by atoms with Crippen molar-refractivity contribution in [3.63, 3.8) is 0 Å². The summed E-state index contributed by atoms with van der Waals surface area (Å²) >= 11 is 0. The average molecular weight is 270 g/mol. The predicted molar refractivity (Wildman–Crippen MR) is 79.2 cm³/mol. The number of allylic oxidation sites excluding steroid dienone is 1. The Bertz CT molecular complexity index is 236. The Morgan fingerprint density at radius 3 is 2.42 bits per heavy atom. The largest absolute Gasteiger partial charge is 0.481 e. The molecule has 1 atom stereocenters. The number of carbonyl (C=O) groups is 1. The highest BCUT2D eigenvalue weighted by Crippen LogP contribution is 2.09. The summed E-state index contributed by atoms with van der Waals surface area (Å²) < 4.78 is 0. The third-order valence-corrected chi connectivity index (χ3v) is 3.22. The Labute approximate surface area is 117 Å². The molecule has 0 aliphatic rings. The van der Waals surface area contributed by atoms with Gasteiger partial charge in [0, 0.05) is 6.42 Å². The van der Waals surface area contributed by atoms with Crippen molar-refractivity contribution in [2.24, 2.45) is 0 Å². The van der Waals surface area contributed by atoms with E-state index in [1.54, 1.807) is 0 Å². The maximum atomic E-state index is 10.3. The first-order chi connectivity index (χ1) is 9.16. The SMILES string of the molecule is CCCCCCCC(O)C=CCCCCCC(=O)O. The van der Waals surface area contributed by atoms with Gasteiger partial charge in [-0.25, -0.2) is 0 Å². The third-order valence-electron chi connectivity index (χ3n) is 3.22. The van der Waals surface area contributed by atoms with Crippen molar-refractivity contribution < 1.29 is 15.0 Å². The number of aliphatic hydroxyl groups excluding tert-OH is 1. The fraction of sp³-hybridized carbons (Fsp3) is 0.812. The van der Waals surface area contributed by atoms with E-state index in [0.717, 1.165) is 38.5 Å². The van der Waals surface area contributed by atoms with Gasteiger partial charge in [-0.1, -0.05) is 57.6 Å². The van der Waals surface area contributed by atoms with Gasteiger partial charge in [0.05, 0.1) is 6.10 Å². The summed E-state index contributed by atoms with van der Waals surface area (Å²) in [4.78, 5) is 10.3. The van der Waals surface area contributed by atoms with Crippen LogP contribution in [0.1, 0.15) is 77.6 Å². The van der Waals surface area contributed by atoms with E-state index in [1.165, 1.54) is 25.7 Å². The molecule has 0 heterocycles. The second-order valence-electron chi connectivity index (χ2n) is 5.19. The van der Waals surface area contributed by atoms with E-state index in [1.807, 2.05) is 12.2 Å². The smallest absolute Gasteiger partial charge is 0.303 e. The fourth-order valence-corrected chi connectivity index (χ4v) is 2.02. The van der Waals surface area contributed by atoms with Gasteiger partial charge in [-0.2, -0.15) is 0 Å². The molecule has 112 valence electrons. The Morgan fingerprint density at radius 1 is 1.05 bits per heavy atom. The summed E-state index contributed by atoms with van der Waals surface area (Å²) in [5.74, 6) is -0.714. The highest BCUT2D eigenvalue weighted by molar-refractivity contribution is 5.66. The van der Waals surface area contributed by atoms with E-state index in [0.29, 0.717) is 0 Å². The molecule has 0 saturated carbocycles. The van der Waals surface area contributed by atoms with Gasteiger partial charge in [0.1, 0.15) is 0 Å². The van der Waals surface area contributed by atoms with Crippen LogP contribution in [0.2, 0.25) is 0 Å². The molecule has 0 amide bonds. The molecule has 1 unspecified atom stereocenters. The van der Waals surface area contributed by atoms with Crippen molar-refractivity contribution in [1.82, 2.24) is 0 Å². The van der Waals surface area contributed by atoms with Gasteiger partial charge in [-0.15, -0.1) is 0 Å². The van der Waals surface area contributed by atoms with Crippen LogP contribution in [-0.4, -0.2) is 22.3 Å². The van der Waals surface area contributed by atoms with Crippen molar-refractivity contribution in [3.8, 4) is 0 Å². The highest BCUT2D eigenvalue weighted by atomic mass is 16.4. The maximum absolute atomic E-state index is 10.3. The first-order valence-corrected chi connectivity index (χ1v) is 7.73. The van der Waals surface area contributed by atoms with Crippen LogP contribution in [0.5, 0.6) is 0 Å². The van der Waals surface area contributed by atoms with E-state index in [-0.39, 0.29) is 12.5 Å². The lowest BCUT2D eigenvalue weighted by Gasteiger charge is -2.05. The number of aliphatic carboxylic acids is 1. The molecular weight excluding hydrogens is 240 g/mol. The van der Waals surface area contributed by atoms with Crippen molar-refractivity contribution in [2.45, 2.75) is 83.7 Å². The number of hydrogen-bond acceptors (Lipinski definition) is 2. The molecule has 0 aromatic heterocycles. The maximum Gasteiger partial charge on any atom is 0.303 e. The number of carboxylic acids is 1. The normalized spacial score (nSPS) is 12.9. The molecule has 0 radical (unpaired) electrons. The Morgan fingerprint density at radius 2 is 1.74 bits per heavy atom. The zero-order valence-electron chi connectivity index (χ0n) is 12.3. The molecule has 3 heteroatoms. The third kappa shape index (κ3) is 15.1. The molecule has 0 fully saturated rings.